The summed E-state index contributed by atoms with van der Waals surface area (Å²) < 4.78 is 0. The van der Waals surface area contributed by atoms with Gasteiger partial charge in [0.2, 0.25) is 0 Å². The van der Waals surface area contributed by atoms with Gasteiger partial charge in [0, 0.05) is 30.2 Å². The zero-order chi connectivity index (χ0) is 18.4. The summed E-state index contributed by atoms with van der Waals surface area (Å²) in [6.45, 7) is 8.22. The number of aromatic nitrogens is 4. The van der Waals surface area contributed by atoms with Crippen molar-refractivity contribution in [2.45, 2.75) is 46.0 Å². The van der Waals surface area contributed by atoms with Crippen LogP contribution in [0.3, 0.4) is 0 Å². The van der Waals surface area contributed by atoms with Crippen molar-refractivity contribution >= 4 is 27.4 Å². The van der Waals surface area contributed by atoms with E-state index in [0.717, 1.165) is 66.0 Å². The summed E-state index contributed by atoms with van der Waals surface area (Å²) in [4.78, 5) is 15.3. The molecule has 2 N–H and O–H groups in total. The van der Waals surface area contributed by atoms with Crippen molar-refractivity contribution < 1.29 is 0 Å². The summed E-state index contributed by atoms with van der Waals surface area (Å²) in [7, 11) is 0. The molecule has 7 heteroatoms. The average Bonchev–Trinajstić information content (AvgIpc) is 3.07. The maximum absolute atomic E-state index is 5.14. The number of hydrogen-bond donors (Lipinski definition) is 2. The Bertz CT molecular complexity index is 961. The van der Waals surface area contributed by atoms with E-state index in [0.29, 0.717) is 0 Å². The molecule has 0 amide bonds. The second kappa shape index (κ2) is 6.87. The molecular formula is C20H26N6S. The van der Waals surface area contributed by atoms with Crippen LogP contribution in [0.25, 0.3) is 21.6 Å². The van der Waals surface area contributed by atoms with Crippen LogP contribution in [-0.2, 0) is 12.8 Å². The van der Waals surface area contributed by atoms with Gasteiger partial charge in [-0.2, -0.15) is 5.10 Å². The molecule has 1 fully saturated rings. The molecule has 4 heterocycles. The van der Waals surface area contributed by atoms with Gasteiger partial charge in [0.1, 0.15) is 10.6 Å². The lowest BCUT2D eigenvalue weighted by molar-refractivity contribution is 0.699. The standard InChI is InChI=1S/C20H26N6S/c1-12-16(13(2)25-24-12)18-22-19(26-10-5-8-21-9-11-26)17-14-6-3-4-7-15(14)27-20(17)23-18/h21H,3-11H2,1-2H3,(H,24,25). The zero-order valence-corrected chi connectivity index (χ0v) is 16.9. The fourth-order valence-electron chi connectivity index (χ4n) is 4.42. The Labute approximate surface area is 163 Å². The van der Waals surface area contributed by atoms with Gasteiger partial charge < -0.3 is 10.2 Å². The third-order valence-corrected chi connectivity index (χ3v) is 6.97. The Hall–Kier alpha value is -1.99. The van der Waals surface area contributed by atoms with E-state index in [1.165, 1.54) is 41.5 Å². The number of thiophene rings is 1. The van der Waals surface area contributed by atoms with Crippen LogP contribution in [0.4, 0.5) is 5.82 Å². The molecule has 142 valence electrons. The van der Waals surface area contributed by atoms with Gasteiger partial charge >= 0.3 is 0 Å². The number of nitrogens with zero attached hydrogens (tertiary/aromatic N) is 4. The first-order chi connectivity index (χ1) is 13.2. The lowest BCUT2D eigenvalue weighted by Gasteiger charge is -2.23. The van der Waals surface area contributed by atoms with Crippen LogP contribution in [0.5, 0.6) is 0 Å². The first kappa shape index (κ1) is 17.1. The number of hydrogen-bond acceptors (Lipinski definition) is 6. The van der Waals surface area contributed by atoms with E-state index in [9.17, 15) is 0 Å². The van der Waals surface area contributed by atoms with Crippen molar-refractivity contribution in [1.82, 2.24) is 25.5 Å². The number of rotatable bonds is 2. The monoisotopic (exact) mass is 382 g/mol. The molecule has 0 unspecified atom stereocenters. The smallest absolute Gasteiger partial charge is 0.166 e. The molecular weight excluding hydrogens is 356 g/mol. The lowest BCUT2D eigenvalue weighted by atomic mass is 9.97. The molecule has 0 saturated carbocycles. The van der Waals surface area contributed by atoms with E-state index in [-0.39, 0.29) is 0 Å². The summed E-state index contributed by atoms with van der Waals surface area (Å²) in [5.74, 6) is 1.95. The summed E-state index contributed by atoms with van der Waals surface area (Å²) >= 11 is 1.88. The molecule has 3 aromatic heterocycles. The van der Waals surface area contributed by atoms with Gasteiger partial charge in [0.15, 0.2) is 5.82 Å². The quantitative estimate of drug-likeness (QED) is 0.711. The van der Waals surface area contributed by atoms with Crippen LogP contribution in [-0.4, -0.2) is 46.3 Å². The summed E-state index contributed by atoms with van der Waals surface area (Å²) in [5, 5.41) is 12.3. The fourth-order valence-corrected chi connectivity index (χ4v) is 5.67. The number of fused-ring (bicyclic) bond motifs is 3. The Kier molecular flexibility index (Phi) is 4.36. The SMILES string of the molecule is Cc1n[nH]c(C)c1-c1nc(N2CCCNCC2)c2c3c(sc2n1)CCCC3. The molecule has 0 aromatic carbocycles. The van der Waals surface area contributed by atoms with Crippen molar-refractivity contribution in [3.63, 3.8) is 0 Å². The molecule has 0 bridgehead atoms. The average molecular weight is 383 g/mol. The van der Waals surface area contributed by atoms with E-state index in [1.54, 1.807) is 0 Å². The van der Waals surface area contributed by atoms with Crippen molar-refractivity contribution in [2.24, 2.45) is 0 Å². The largest absolute Gasteiger partial charge is 0.355 e. The van der Waals surface area contributed by atoms with E-state index in [2.05, 4.69) is 27.3 Å². The van der Waals surface area contributed by atoms with Gasteiger partial charge in [-0.05, 0) is 58.1 Å². The topological polar surface area (TPSA) is 69.7 Å². The minimum absolute atomic E-state index is 0.817. The van der Waals surface area contributed by atoms with Crippen LogP contribution in [0.15, 0.2) is 0 Å². The van der Waals surface area contributed by atoms with E-state index >= 15 is 0 Å². The van der Waals surface area contributed by atoms with Gasteiger partial charge in [-0.1, -0.05) is 0 Å². The second-order valence-electron chi connectivity index (χ2n) is 7.66. The van der Waals surface area contributed by atoms with Gasteiger partial charge in [0.05, 0.1) is 16.6 Å². The highest BCUT2D eigenvalue weighted by Gasteiger charge is 2.25. The summed E-state index contributed by atoms with van der Waals surface area (Å²) in [6.07, 6.45) is 6.08. The van der Waals surface area contributed by atoms with E-state index in [1.807, 2.05) is 18.3 Å². The van der Waals surface area contributed by atoms with Crippen molar-refractivity contribution in [3.05, 3.63) is 21.8 Å². The number of nitrogens with one attached hydrogen (secondary N) is 2. The minimum Gasteiger partial charge on any atom is -0.355 e. The minimum atomic E-state index is 0.817. The predicted octanol–water partition coefficient (Wildman–Crippen LogP) is 3.38. The molecule has 0 spiro atoms. The highest BCUT2D eigenvalue weighted by Crippen LogP contribution is 2.41. The normalized spacial score (nSPS) is 17.9. The van der Waals surface area contributed by atoms with Crippen molar-refractivity contribution in [1.29, 1.82) is 0 Å². The Morgan fingerprint density at radius 1 is 1.00 bits per heavy atom. The van der Waals surface area contributed by atoms with E-state index in [4.69, 9.17) is 9.97 Å². The van der Waals surface area contributed by atoms with Crippen LogP contribution in [0.1, 0.15) is 41.1 Å². The Morgan fingerprint density at radius 3 is 2.74 bits per heavy atom. The fraction of sp³-hybridized carbons (Fsp3) is 0.550. The molecule has 6 nitrogen and oxygen atoms in total. The van der Waals surface area contributed by atoms with Gasteiger partial charge in [-0.3, -0.25) is 5.10 Å². The molecule has 0 atom stereocenters. The first-order valence-electron chi connectivity index (χ1n) is 10.0. The first-order valence-corrected chi connectivity index (χ1v) is 10.8. The van der Waals surface area contributed by atoms with E-state index < -0.39 is 0 Å². The Balaban J connectivity index is 1.74. The summed E-state index contributed by atoms with van der Waals surface area (Å²) in [5.41, 5.74) is 4.58. The third kappa shape index (κ3) is 2.93. The molecule has 1 aliphatic heterocycles. The van der Waals surface area contributed by atoms with Crippen LogP contribution >= 0.6 is 11.3 Å². The van der Waals surface area contributed by atoms with Gasteiger partial charge in [0.25, 0.3) is 0 Å². The highest BCUT2D eigenvalue weighted by molar-refractivity contribution is 7.19. The molecule has 27 heavy (non-hydrogen) atoms. The highest BCUT2D eigenvalue weighted by atomic mass is 32.1. The molecule has 0 radical (unpaired) electrons. The molecule has 1 saturated heterocycles. The molecule has 2 aliphatic rings. The van der Waals surface area contributed by atoms with Crippen LogP contribution < -0.4 is 10.2 Å². The molecule has 5 rings (SSSR count). The van der Waals surface area contributed by atoms with Crippen LogP contribution in [0.2, 0.25) is 0 Å². The van der Waals surface area contributed by atoms with Gasteiger partial charge in [-0.15, -0.1) is 11.3 Å². The zero-order valence-electron chi connectivity index (χ0n) is 16.1. The summed E-state index contributed by atoms with van der Waals surface area (Å²) in [6, 6.07) is 0. The van der Waals surface area contributed by atoms with Crippen molar-refractivity contribution in [3.8, 4) is 11.4 Å². The van der Waals surface area contributed by atoms with Gasteiger partial charge in [-0.25, -0.2) is 9.97 Å². The number of anilines is 1. The maximum Gasteiger partial charge on any atom is 0.166 e. The van der Waals surface area contributed by atoms with Crippen LogP contribution in [0, 0.1) is 13.8 Å². The Morgan fingerprint density at radius 2 is 1.89 bits per heavy atom. The number of aryl methyl sites for hydroxylation is 4. The van der Waals surface area contributed by atoms with Crippen molar-refractivity contribution in [2.75, 3.05) is 31.1 Å². The molecule has 3 aromatic rings. The third-order valence-electron chi connectivity index (χ3n) is 5.79. The number of H-pyrrole nitrogens is 1. The second-order valence-corrected chi connectivity index (χ2v) is 8.75. The molecule has 1 aliphatic carbocycles. The number of aromatic amines is 1. The predicted molar refractivity (Wildman–Crippen MR) is 111 cm³/mol. The maximum atomic E-state index is 5.14. The lowest BCUT2D eigenvalue weighted by Crippen LogP contribution is -2.29.